The molecule has 2 aromatic rings. The fourth-order valence-corrected chi connectivity index (χ4v) is 4.91. The zero-order valence-corrected chi connectivity index (χ0v) is 20.6. The lowest BCUT2D eigenvalue weighted by molar-refractivity contribution is 0.0150. The molecule has 0 fully saturated rings. The maximum absolute atomic E-state index is 13.4. The minimum Gasteiger partial charge on any atom is -0.491 e. The summed E-state index contributed by atoms with van der Waals surface area (Å²) in [4.78, 5) is 17.3. The Labute approximate surface area is 196 Å². The van der Waals surface area contributed by atoms with Crippen molar-refractivity contribution in [3.05, 3.63) is 54.1 Å². The van der Waals surface area contributed by atoms with Gasteiger partial charge in [-0.2, -0.15) is 0 Å². The third kappa shape index (κ3) is 6.04. The summed E-state index contributed by atoms with van der Waals surface area (Å²) in [5.41, 5.74) is 0.584. The summed E-state index contributed by atoms with van der Waals surface area (Å²) in [6.45, 7) is 5.76. The Bertz CT molecular complexity index is 1060. The summed E-state index contributed by atoms with van der Waals surface area (Å²) in [5.74, 6) is 0.347. The number of hydrogen-bond donors (Lipinski definition) is 1. The first-order valence-electron chi connectivity index (χ1n) is 11.0. The molecule has 8 nitrogen and oxygen atoms in total. The molecule has 3 rings (SSSR count). The van der Waals surface area contributed by atoms with E-state index >= 15 is 0 Å². The Balaban J connectivity index is 1.96. The van der Waals surface area contributed by atoms with E-state index in [2.05, 4.69) is 23.5 Å². The van der Waals surface area contributed by atoms with Crippen LogP contribution in [0.3, 0.4) is 0 Å². The minimum atomic E-state index is -3.79. The third-order valence-corrected chi connectivity index (χ3v) is 7.46. The van der Waals surface area contributed by atoms with Crippen molar-refractivity contribution in [1.82, 2.24) is 9.80 Å². The highest BCUT2D eigenvalue weighted by molar-refractivity contribution is 7.92. The first-order valence-corrected chi connectivity index (χ1v) is 12.4. The Morgan fingerprint density at radius 2 is 1.76 bits per heavy atom. The number of carbonyl (C=O) groups is 1. The largest absolute Gasteiger partial charge is 0.491 e. The van der Waals surface area contributed by atoms with E-state index in [0.717, 1.165) is 6.54 Å². The number of rotatable bonds is 4. The van der Waals surface area contributed by atoms with Gasteiger partial charge < -0.3 is 14.4 Å². The van der Waals surface area contributed by atoms with E-state index in [1.54, 1.807) is 49.4 Å². The first kappa shape index (κ1) is 25.0. The van der Waals surface area contributed by atoms with Gasteiger partial charge in [-0.3, -0.25) is 14.4 Å². The number of sulfonamides is 1. The van der Waals surface area contributed by atoms with Gasteiger partial charge in [-0.1, -0.05) is 25.1 Å². The van der Waals surface area contributed by atoms with Gasteiger partial charge in [0.15, 0.2) is 0 Å². The van der Waals surface area contributed by atoms with Crippen molar-refractivity contribution in [3.8, 4) is 5.75 Å². The van der Waals surface area contributed by atoms with Gasteiger partial charge in [0.25, 0.3) is 15.9 Å². The number of carbonyl (C=O) groups excluding carboxylic acids is 1. The average molecular weight is 476 g/mol. The fourth-order valence-electron chi connectivity index (χ4n) is 3.83. The monoisotopic (exact) mass is 475 g/mol. The molecule has 0 unspecified atom stereocenters. The standard InChI is InChI=1S/C24H33N3O5S/c1-17-14-26(3)18(2)16-32-22-12-11-19(25-33(29,30)20-9-7-6-8-10-20)13-21(22)24(28)27(4)15-23(17)31-5/h6-13,17-18,23,25H,14-16H2,1-5H3/t17-,18-,23+/m0/s1. The lowest BCUT2D eigenvalue weighted by Gasteiger charge is -2.34. The van der Waals surface area contributed by atoms with Crippen molar-refractivity contribution in [3.63, 3.8) is 0 Å². The minimum absolute atomic E-state index is 0.112. The molecule has 0 radical (unpaired) electrons. The summed E-state index contributed by atoms with van der Waals surface area (Å²) >= 11 is 0. The van der Waals surface area contributed by atoms with Crippen LogP contribution in [-0.2, 0) is 14.8 Å². The van der Waals surface area contributed by atoms with Crippen LogP contribution in [-0.4, -0.2) is 77.2 Å². The van der Waals surface area contributed by atoms with Gasteiger partial charge in [0.2, 0.25) is 0 Å². The second-order valence-corrected chi connectivity index (χ2v) is 10.3. The fraction of sp³-hybridized carbons (Fsp3) is 0.458. The molecule has 9 heteroatoms. The van der Waals surface area contributed by atoms with Gasteiger partial charge in [0.05, 0.1) is 16.6 Å². The molecule has 0 spiro atoms. The van der Waals surface area contributed by atoms with E-state index in [1.165, 1.54) is 18.2 Å². The molecule has 0 aromatic heterocycles. The molecular formula is C24H33N3O5S. The molecule has 0 aliphatic carbocycles. The molecule has 1 heterocycles. The predicted molar refractivity (Wildman–Crippen MR) is 128 cm³/mol. The number of hydrogen-bond acceptors (Lipinski definition) is 6. The molecule has 3 atom stereocenters. The van der Waals surface area contributed by atoms with Crippen LogP contribution in [0.2, 0.25) is 0 Å². The van der Waals surface area contributed by atoms with E-state index in [0.29, 0.717) is 24.5 Å². The number of nitrogens with one attached hydrogen (secondary N) is 1. The molecule has 1 N–H and O–H groups in total. The molecule has 0 saturated heterocycles. The number of likely N-dealkylation sites (N-methyl/N-ethyl adjacent to an activating group) is 2. The van der Waals surface area contributed by atoms with E-state index < -0.39 is 10.0 Å². The SMILES string of the molecule is CO[C@@H]1CN(C)C(=O)c2cc(NS(=O)(=O)c3ccccc3)ccc2OC[C@H](C)N(C)C[C@@H]1C. The molecular weight excluding hydrogens is 442 g/mol. The van der Waals surface area contributed by atoms with Crippen molar-refractivity contribution in [1.29, 1.82) is 0 Å². The molecule has 1 aliphatic rings. The highest BCUT2D eigenvalue weighted by Crippen LogP contribution is 2.27. The molecule has 2 aromatic carbocycles. The number of nitrogens with zero attached hydrogens (tertiary/aromatic N) is 2. The van der Waals surface area contributed by atoms with E-state index in [-0.39, 0.29) is 34.6 Å². The van der Waals surface area contributed by atoms with Crippen LogP contribution in [0.25, 0.3) is 0 Å². The summed E-state index contributed by atoms with van der Waals surface area (Å²) in [6.07, 6.45) is -0.142. The molecule has 180 valence electrons. The summed E-state index contributed by atoms with van der Waals surface area (Å²) in [7, 11) is 1.62. The predicted octanol–water partition coefficient (Wildman–Crippen LogP) is 2.92. The van der Waals surface area contributed by atoms with Gasteiger partial charge >= 0.3 is 0 Å². The maximum atomic E-state index is 13.4. The highest BCUT2D eigenvalue weighted by Gasteiger charge is 2.27. The Morgan fingerprint density at radius 1 is 1.06 bits per heavy atom. The van der Waals surface area contributed by atoms with Gasteiger partial charge in [-0.15, -0.1) is 0 Å². The van der Waals surface area contributed by atoms with Crippen LogP contribution in [0.4, 0.5) is 5.69 Å². The first-order chi connectivity index (χ1) is 15.6. The van der Waals surface area contributed by atoms with Crippen LogP contribution in [0, 0.1) is 5.92 Å². The van der Waals surface area contributed by atoms with Gasteiger partial charge in [0, 0.05) is 39.0 Å². The third-order valence-electron chi connectivity index (χ3n) is 6.06. The lowest BCUT2D eigenvalue weighted by Crippen LogP contribution is -2.45. The maximum Gasteiger partial charge on any atom is 0.261 e. The summed E-state index contributed by atoms with van der Waals surface area (Å²) in [5, 5.41) is 0. The van der Waals surface area contributed by atoms with Crippen molar-refractivity contribution >= 4 is 21.6 Å². The number of fused-ring (bicyclic) bond motifs is 1. The van der Waals surface area contributed by atoms with Crippen LogP contribution in [0.1, 0.15) is 24.2 Å². The topological polar surface area (TPSA) is 88.2 Å². The van der Waals surface area contributed by atoms with Crippen molar-refractivity contribution in [2.45, 2.75) is 30.9 Å². The van der Waals surface area contributed by atoms with Gasteiger partial charge in [-0.05, 0) is 50.2 Å². The average Bonchev–Trinajstić information content (AvgIpc) is 2.80. The van der Waals surface area contributed by atoms with E-state index in [9.17, 15) is 13.2 Å². The van der Waals surface area contributed by atoms with Crippen molar-refractivity contribution in [2.75, 3.05) is 45.6 Å². The van der Waals surface area contributed by atoms with Crippen molar-refractivity contribution < 1.29 is 22.7 Å². The number of methoxy groups -OCH3 is 1. The van der Waals surface area contributed by atoms with Crippen LogP contribution >= 0.6 is 0 Å². The zero-order valence-electron chi connectivity index (χ0n) is 19.8. The Hall–Kier alpha value is -2.62. The molecule has 33 heavy (non-hydrogen) atoms. The van der Waals surface area contributed by atoms with Gasteiger partial charge in [-0.25, -0.2) is 8.42 Å². The quantitative estimate of drug-likeness (QED) is 0.732. The highest BCUT2D eigenvalue weighted by atomic mass is 32.2. The Kier molecular flexibility index (Phi) is 7.99. The lowest BCUT2D eigenvalue weighted by atomic mass is 10.0. The van der Waals surface area contributed by atoms with Crippen LogP contribution in [0.15, 0.2) is 53.4 Å². The number of amides is 1. The van der Waals surface area contributed by atoms with E-state index in [1.807, 2.05) is 7.05 Å². The second-order valence-electron chi connectivity index (χ2n) is 8.67. The smallest absolute Gasteiger partial charge is 0.261 e. The summed E-state index contributed by atoms with van der Waals surface area (Å²) in [6, 6.07) is 13.0. The van der Waals surface area contributed by atoms with Crippen LogP contribution < -0.4 is 9.46 Å². The second kappa shape index (κ2) is 10.5. The van der Waals surface area contributed by atoms with Gasteiger partial charge in [0.1, 0.15) is 12.4 Å². The molecule has 1 aliphatic heterocycles. The summed E-state index contributed by atoms with van der Waals surface area (Å²) < 4.78 is 39.8. The van der Waals surface area contributed by atoms with Crippen LogP contribution in [0.5, 0.6) is 5.75 Å². The normalized spacial score (nSPS) is 23.1. The van der Waals surface area contributed by atoms with Crippen molar-refractivity contribution in [2.24, 2.45) is 5.92 Å². The zero-order chi connectivity index (χ0) is 24.2. The molecule has 0 bridgehead atoms. The molecule has 0 saturated carbocycles. The number of ether oxygens (including phenoxy) is 2. The molecule has 1 amide bonds. The number of benzene rings is 2. The Morgan fingerprint density at radius 3 is 2.42 bits per heavy atom. The van der Waals surface area contributed by atoms with E-state index in [4.69, 9.17) is 9.47 Å². The number of anilines is 1.